The van der Waals surface area contributed by atoms with E-state index in [0.29, 0.717) is 17.9 Å². The summed E-state index contributed by atoms with van der Waals surface area (Å²) in [5, 5.41) is 8.97. The van der Waals surface area contributed by atoms with Crippen molar-refractivity contribution in [3.05, 3.63) is 48.0 Å². The van der Waals surface area contributed by atoms with E-state index in [9.17, 15) is 14.0 Å². The van der Waals surface area contributed by atoms with Crippen molar-refractivity contribution in [3.63, 3.8) is 0 Å². The molecule has 35 heavy (non-hydrogen) atoms. The highest BCUT2D eigenvalue weighted by atomic mass is 19.1. The zero-order valence-corrected chi connectivity index (χ0v) is 20.5. The largest absolute Gasteiger partial charge is 0.338 e. The Morgan fingerprint density at radius 2 is 1.91 bits per heavy atom. The summed E-state index contributed by atoms with van der Waals surface area (Å²) in [5.41, 5.74) is 3.13. The van der Waals surface area contributed by atoms with Crippen molar-refractivity contribution in [1.82, 2.24) is 20.2 Å². The van der Waals surface area contributed by atoms with Crippen LogP contribution >= 0.6 is 0 Å². The summed E-state index contributed by atoms with van der Waals surface area (Å²) in [6, 6.07) is 7.64. The van der Waals surface area contributed by atoms with E-state index >= 15 is 0 Å². The lowest BCUT2D eigenvalue weighted by atomic mass is 9.92. The van der Waals surface area contributed by atoms with Gasteiger partial charge in [0.25, 0.3) is 0 Å². The fraction of sp³-hybridized carbons (Fsp3) is 0.385. The van der Waals surface area contributed by atoms with Gasteiger partial charge in [-0.05, 0) is 48.9 Å². The van der Waals surface area contributed by atoms with Gasteiger partial charge in [0.05, 0.1) is 11.2 Å². The Balaban J connectivity index is 0.00000241. The lowest BCUT2D eigenvalue weighted by Gasteiger charge is -2.30. The Morgan fingerprint density at radius 3 is 2.60 bits per heavy atom. The average Bonchev–Trinajstić information content (AvgIpc) is 2.72. The quantitative estimate of drug-likeness (QED) is 0.397. The van der Waals surface area contributed by atoms with Crippen LogP contribution in [-0.4, -0.2) is 46.6 Å². The van der Waals surface area contributed by atoms with Crippen LogP contribution in [0.2, 0.25) is 0 Å². The number of nitrogens with one attached hydrogen (secondary N) is 3. The van der Waals surface area contributed by atoms with E-state index in [1.165, 1.54) is 6.07 Å². The molecule has 0 atom stereocenters. The first-order valence-corrected chi connectivity index (χ1v) is 11.8. The maximum Gasteiger partial charge on any atom is 0.323 e. The van der Waals surface area contributed by atoms with Gasteiger partial charge >= 0.3 is 12.1 Å². The van der Waals surface area contributed by atoms with Crippen molar-refractivity contribution in [2.45, 2.75) is 40.5 Å². The molecule has 4 amide bonds. The van der Waals surface area contributed by atoms with Crippen LogP contribution in [0.15, 0.2) is 36.5 Å². The third-order valence-corrected chi connectivity index (χ3v) is 5.95. The minimum Gasteiger partial charge on any atom is -0.338 e. The zero-order valence-electron chi connectivity index (χ0n) is 20.5. The molecule has 1 fully saturated rings. The number of nitrogens with zero attached hydrogens (tertiary/aromatic N) is 3. The number of benzene rings is 1. The van der Waals surface area contributed by atoms with E-state index < -0.39 is 11.8 Å². The molecule has 0 bridgehead atoms. The van der Waals surface area contributed by atoms with Crippen molar-refractivity contribution in [2.75, 3.05) is 30.3 Å². The number of carbonyl (C=O) groups excluding carboxylic acids is 2. The van der Waals surface area contributed by atoms with Gasteiger partial charge in [-0.2, -0.15) is 0 Å². The number of aryl methyl sites for hydroxylation is 1. The average molecular weight is 485 g/mol. The molecule has 0 spiro atoms. The summed E-state index contributed by atoms with van der Waals surface area (Å²) in [5.74, 6) is -0.0739. The summed E-state index contributed by atoms with van der Waals surface area (Å²) < 4.78 is 14.4. The van der Waals surface area contributed by atoms with Crippen LogP contribution in [0.1, 0.15) is 43.6 Å². The molecule has 1 aliphatic rings. The molecule has 8 nitrogen and oxygen atoms in total. The highest BCUT2D eigenvalue weighted by Crippen LogP contribution is 2.30. The van der Waals surface area contributed by atoms with Crippen molar-refractivity contribution in [1.29, 1.82) is 0 Å². The minimum atomic E-state index is -0.518. The molecule has 1 aromatic carbocycles. The van der Waals surface area contributed by atoms with E-state index in [2.05, 4.69) is 46.7 Å². The number of anilines is 2. The lowest BCUT2D eigenvalue weighted by Crippen LogP contribution is -2.44. The predicted molar refractivity (Wildman–Crippen MR) is 142 cm³/mol. The standard InChI is InChI=1S/C26H31FN6O2.3H2/c1-16-19(12-18-15-29-23(14-21(18)30-16)32-25(35)33-10-5-11-33)17-6-7-20(27)22(13-17)31-24(34)28-9-8-26(2,3)4;;;/h6-7,12-15H,5,8-11H2,1-4H3,(H2,28,31,34)(H,29,32,35);3*1H. The smallest absolute Gasteiger partial charge is 0.323 e. The van der Waals surface area contributed by atoms with Gasteiger partial charge < -0.3 is 15.5 Å². The molecule has 0 radical (unpaired) electrons. The predicted octanol–water partition coefficient (Wildman–Crippen LogP) is 6.28. The minimum absolute atomic E-state index is 0. The van der Waals surface area contributed by atoms with Crippen LogP contribution < -0.4 is 16.0 Å². The molecule has 3 aromatic rings. The Kier molecular flexibility index (Phi) is 6.86. The first kappa shape index (κ1) is 24.4. The molecule has 4 rings (SSSR count). The Labute approximate surface area is 208 Å². The number of amides is 4. The third-order valence-electron chi connectivity index (χ3n) is 5.95. The molecule has 1 aliphatic heterocycles. The van der Waals surface area contributed by atoms with Crippen molar-refractivity contribution < 1.29 is 18.3 Å². The van der Waals surface area contributed by atoms with Crippen molar-refractivity contribution in [2.24, 2.45) is 5.41 Å². The number of aromatic nitrogens is 2. The summed E-state index contributed by atoms with van der Waals surface area (Å²) in [7, 11) is 0. The van der Waals surface area contributed by atoms with Crippen LogP contribution in [0.3, 0.4) is 0 Å². The van der Waals surface area contributed by atoms with E-state index in [-0.39, 0.29) is 21.4 Å². The zero-order chi connectivity index (χ0) is 25.2. The summed E-state index contributed by atoms with van der Waals surface area (Å²) in [6.07, 6.45) is 3.48. The van der Waals surface area contributed by atoms with Crippen LogP contribution in [0.5, 0.6) is 0 Å². The Bertz CT molecular complexity index is 1280. The second kappa shape index (κ2) is 9.85. The highest BCUT2D eigenvalue weighted by molar-refractivity contribution is 5.93. The van der Waals surface area contributed by atoms with Gasteiger partial charge in [0.1, 0.15) is 11.6 Å². The van der Waals surface area contributed by atoms with Gasteiger partial charge in [-0.3, -0.25) is 10.3 Å². The number of rotatable bonds is 5. The summed E-state index contributed by atoms with van der Waals surface area (Å²) in [6.45, 7) is 10.2. The molecule has 9 heteroatoms. The number of carbonyl (C=O) groups is 2. The normalized spacial score (nSPS) is 13.3. The SMILES string of the molecule is Cc1nc2cc(NC(=O)N3CCC3)ncc2cc1-c1ccc(F)c(NC(=O)NCCC(C)(C)C)c1.[HH].[HH].[HH]. The molecule has 3 N–H and O–H groups in total. The molecular formula is C26H37FN6O2. The lowest BCUT2D eigenvalue weighted by molar-refractivity contribution is 0.181. The number of hydrogen-bond donors (Lipinski definition) is 3. The maximum absolute atomic E-state index is 14.4. The van der Waals surface area contributed by atoms with E-state index in [1.807, 2.05) is 13.0 Å². The maximum atomic E-state index is 14.4. The van der Waals surface area contributed by atoms with Gasteiger partial charge in [0, 0.05) is 52.8 Å². The van der Waals surface area contributed by atoms with Crippen LogP contribution in [0, 0.1) is 18.2 Å². The van der Waals surface area contributed by atoms with E-state index in [4.69, 9.17) is 0 Å². The summed E-state index contributed by atoms with van der Waals surface area (Å²) >= 11 is 0. The summed E-state index contributed by atoms with van der Waals surface area (Å²) in [4.78, 5) is 35.2. The number of pyridine rings is 2. The van der Waals surface area contributed by atoms with Crippen molar-refractivity contribution in [3.8, 4) is 11.1 Å². The topological polar surface area (TPSA) is 99.2 Å². The van der Waals surface area contributed by atoms with Gasteiger partial charge in [-0.15, -0.1) is 0 Å². The molecule has 0 unspecified atom stereocenters. The molecule has 0 aliphatic carbocycles. The second-order valence-electron chi connectivity index (χ2n) is 10.0. The second-order valence-corrected chi connectivity index (χ2v) is 10.0. The van der Waals surface area contributed by atoms with Crippen LogP contribution in [-0.2, 0) is 0 Å². The number of likely N-dealkylation sites (tertiary alicyclic amines) is 1. The number of fused-ring (bicyclic) bond motifs is 1. The van der Waals surface area contributed by atoms with E-state index in [1.54, 1.807) is 29.3 Å². The Hall–Kier alpha value is -3.75. The first-order chi connectivity index (χ1) is 16.6. The van der Waals surface area contributed by atoms with Crippen LogP contribution in [0.25, 0.3) is 22.0 Å². The fourth-order valence-electron chi connectivity index (χ4n) is 3.74. The van der Waals surface area contributed by atoms with Gasteiger partial charge in [-0.1, -0.05) is 26.8 Å². The molecular weight excluding hydrogens is 447 g/mol. The van der Waals surface area contributed by atoms with Crippen molar-refractivity contribution >= 4 is 34.5 Å². The molecule has 190 valence electrons. The highest BCUT2D eigenvalue weighted by Gasteiger charge is 2.20. The van der Waals surface area contributed by atoms with E-state index in [0.717, 1.165) is 48.1 Å². The number of hydrogen-bond acceptors (Lipinski definition) is 4. The van der Waals surface area contributed by atoms with Gasteiger partial charge in [-0.25, -0.2) is 19.0 Å². The number of urea groups is 2. The van der Waals surface area contributed by atoms with Gasteiger partial charge in [0.2, 0.25) is 0 Å². The molecule has 3 heterocycles. The molecule has 2 aromatic heterocycles. The Morgan fingerprint density at radius 1 is 1.14 bits per heavy atom. The monoisotopic (exact) mass is 484 g/mol. The van der Waals surface area contributed by atoms with Crippen LogP contribution in [0.4, 0.5) is 25.5 Å². The fourth-order valence-corrected chi connectivity index (χ4v) is 3.74. The number of halogens is 1. The third kappa shape index (κ3) is 6.03. The molecule has 1 saturated heterocycles. The first-order valence-electron chi connectivity index (χ1n) is 11.8. The molecule has 0 saturated carbocycles. The van der Waals surface area contributed by atoms with Gasteiger partial charge in [0.15, 0.2) is 0 Å².